The van der Waals surface area contributed by atoms with Crippen molar-refractivity contribution >= 4 is 5.91 Å². The van der Waals surface area contributed by atoms with E-state index >= 15 is 0 Å². The predicted octanol–water partition coefficient (Wildman–Crippen LogP) is -4.80. The lowest BCUT2D eigenvalue weighted by molar-refractivity contribution is -0.321. The van der Waals surface area contributed by atoms with E-state index < -0.39 is 85.6 Å². The monoisotopic (exact) mass is 451 g/mol. The normalized spacial score (nSPS) is 50.5. The molecule has 13 heteroatoms. The summed E-state index contributed by atoms with van der Waals surface area (Å²) in [5.41, 5.74) is 3.64. The molecule has 0 radical (unpaired) electrons. The Kier molecular flexibility index (Phi) is 7.35. The van der Waals surface area contributed by atoms with Crippen LogP contribution in [-0.2, 0) is 23.7 Å². The van der Waals surface area contributed by atoms with Gasteiger partial charge >= 0.3 is 0 Å². The fourth-order valence-corrected chi connectivity index (χ4v) is 3.79. The zero-order valence-corrected chi connectivity index (χ0v) is 16.7. The molecule has 13 nitrogen and oxygen atoms in total. The predicted molar refractivity (Wildman–Crippen MR) is 97.8 cm³/mol. The Hall–Kier alpha value is -1.23. The molecule has 31 heavy (non-hydrogen) atoms. The van der Waals surface area contributed by atoms with E-state index in [4.69, 9.17) is 24.7 Å². The molecule has 0 bridgehead atoms. The summed E-state index contributed by atoms with van der Waals surface area (Å²) in [6, 6.07) is 0. The standard InChI is InChI=1S/C18H29NO12/c1-6-9(21)11(23)13(25)15(28-6)29-7-2-3-18(4-7,17(19)27)31-16-14(26)12(24)10(22)8(5-20)30-16/h2-3,6-16,20-26H,4-5H2,1H3,(H2,19,27)/t6-,7+,8-,9+,10-,11-,12+,13-,14-,15+,16+,18-/m1/s1. The zero-order chi connectivity index (χ0) is 23.1. The number of rotatable bonds is 6. The Morgan fingerprint density at radius 2 is 1.61 bits per heavy atom. The first kappa shape index (κ1) is 24.4. The van der Waals surface area contributed by atoms with E-state index in [1.165, 1.54) is 19.1 Å². The lowest BCUT2D eigenvalue weighted by Gasteiger charge is -2.42. The van der Waals surface area contributed by atoms with Gasteiger partial charge in [-0.2, -0.15) is 0 Å². The largest absolute Gasteiger partial charge is 0.394 e. The third-order valence-electron chi connectivity index (χ3n) is 5.79. The second-order valence-electron chi connectivity index (χ2n) is 7.99. The maximum atomic E-state index is 12.2. The Labute approximate surface area is 177 Å². The number of ether oxygens (including phenoxy) is 4. The van der Waals surface area contributed by atoms with E-state index in [-0.39, 0.29) is 6.42 Å². The van der Waals surface area contributed by atoms with Crippen LogP contribution in [0.1, 0.15) is 13.3 Å². The minimum Gasteiger partial charge on any atom is -0.394 e. The van der Waals surface area contributed by atoms with Crippen LogP contribution in [0.25, 0.3) is 0 Å². The lowest BCUT2D eigenvalue weighted by atomic mass is 9.97. The molecular formula is C18H29NO12. The molecule has 0 unspecified atom stereocenters. The number of nitrogens with two attached hydrogens (primary N) is 1. The average molecular weight is 451 g/mol. The van der Waals surface area contributed by atoms with Crippen molar-refractivity contribution in [3.05, 3.63) is 12.2 Å². The number of carbonyl (C=O) groups is 1. The van der Waals surface area contributed by atoms with Crippen molar-refractivity contribution in [2.24, 2.45) is 5.73 Å². The third kappa shape index (κ3) is 4.62. The molecule has 3 rings (SSSR count). The molecule has 0 aromatic rings. The van der Waals surface area contributed by atoms with Crippen LogP contribution < -0.4 is 5.73 Å². The molecule has 0 spiro atoms. The molecular weight excluding hydrogens is 422 g/mol. The Bertz CT molecular complexity index is 676. The van der Waals surface area contributed by atoms with Crippen molar-refractivity contribution in [1.29, 1.82) is 0 Å². The molecule has 2 saturated heterocycles. The third-order valence-corrected chi connectivity index (χ3v) is 5.79. The summed E-state index contributed by atoms with van der Waals surface area (Å²) in [7, 11) is 0. The van der Waals surface area contributed by atoms with Crippen molar-refractivity contribution in [3.63, 3.8) is 0 Å². The number of hydrogen-bond donors (Lipinski definition) is 8. The molecule has 2 heterocycles. The van der Waals surface area contributed by atoms with Crippen LogP contribution >= 0.6 is 0 Å². The molecule has 1 aliphatic carbocycles. The number of aliphatic hydroxyl groups excluding tert-OH is 7. The van der Waals surface area contributed by atoms with Crippen LogP contribution in [-0.4, -0.2) is 121 Å². The van der Waals surface area contributed by atoms with E-state index in [1.807, 2.05) is 0 Å². The van der Waals surface area contributed by atoms with Gasteiger partial charge in [0.25, 0.3) is 5.91 Å². The van der Waals surface area contributed by atoms with Crippen molar-refractivity contribution in [2.45, 2.75) is 86.5 Å². The fourth-order valence-electron chi connectivity index (χ4n) is 3.79. The molecule has 9 N–H and O–H groups in total. The number of primary amides is 1. The van der Waals surface area contributed by atoms with Crippen LogP contribution in [0.3, 0.4) is 0 Å². The summed E-state index contributed by atoms with van der Waals surface area (Å²) in [5, 5.41) is 69.0. The first-order valence-corrected chi connectivity index (χ1v) is 9.83. The number of hydrogen-bond acceptors (Lipinski definition) is 12. The molecule has 178 valence electrons. The van der Waals surface area contributed by atoms with Gasteiger partial charge in [0, 0.05) is 6.42 Å². The highest BCUT2D eigenvalue weighted by Crippen LogP contribution is 2.35. The highest BCUT2D eigenvalue weighted by atomic mass is 16.7. The summed E-state index contributed by atoms with van der Waals surface area (Å²) >= 11 is 0. The molecule has 2 fully saturated rings. The number of amides is 1. The van der Waals surface area contributed by atoms with Gasteiger partial charge in [0.05, 0.1) is 18.8 Å². The van der Waals surface area contributed by atoms with E-state index in [1.54, 1.807) is 0 Å². The lowest BCUT2D eigenvalue weighted by Crippen LogP contribution is -2.62. The van der Waals surface area contributed by atoms with Gasteiger partial charge in [-0.3, -0.25) is 4.79 Å². The first-order chi connectivity index (χ1) is 14.5. The minimum atomic E-state index is -1.85. The van der Waals surface area contributed by atoms with Crippen LogP contribution in [0.5, 0.6) is 0 Å². The number of aliphatic hydroxyl groups is 7. The Balaban J connectivity index is 1.69. The smallest absolute Gasteiger partial charge is 0.253 e. The molecule has 0 aromatic heterocycles. The van der Waals surface area contributed by atoms with Gasteiger partial charge in [0.1, 0.15) is 42.7 Å². The number of carbonyl (C=O) groups excluding carboxylic acids is 1. The SMILES string of the molecule is C[C@H]1O[C@@H](O[C@H]2C=C[C@](O[C@@H]3O[C@H](CO)[C@@H](O)[C@H](O)[C@H]3O)(C(N)=O)C2)[C@H](O)[C@H](O)[C@H]1O. The van der Waals surface area contributed by atoms with Gasteiger partial charge in [0.2, 0.25) is 0 Å². The van der Waals surface area contributed by atoms with E-state index in [0.29, 0.717) is 0 Å². The van der Waals surface area contributed by atoms with Crippen LogP contribution in [0.2, 0.25) is 0 Å². The molecule has 12 atom stereocenters. The van der Waals surface area contributed by atoms with Crippen LogP contribution in [0.15, 0.2) is 12.2 Å². The second-order valence-corrected chi connectivity index (χ2v) is 7.99. The van der Waals surface area contributed by atoms with Gasteiger partial charge in [-0.05, 0) is 13.0 Å². The topological polar surface area (TPSA) is 222 Å². The Morgan fingerprint density at radius 1 is 1.00 bits per heavy atom. The maximum absolute atomic E-state index is 12.2. The zero-order valence-electron chi connectivity index (χ0n) is 16.7. The summed E-state index contributed by atoms with van der Waals surface area (Å²) in [4.78, 5) is 12.2. The Morgan fingerprint density at radius 3 is 2.23 bits per heavy atom. The molecule has 2 aliphatic heterocycles. The fraction of sp³-hybridized carbons (Fsp3) is 0.833. The quantitative estimate of drug-likeness (QED) is 0.178. The van der Waals surface area contributed by atoms with E-state index in [0.717, 1.165) is 0 Å². The van der Waals surface area contributed by atoms with Gasteiger partial charge < -0.3 is 60.4 Å². The highest BCUT2D eigenvalue weighted by molar-refractivity contribution is 5.86. The van der Waals surface area contributed by atoms with Crippen molar-refractivity contribution < 1.29 is 59.5 Å². The second kappa shape index (κ2) is 9.33. The first-order valence-electron chi connectivity index (χ1n) is 9.83. The average Bonchev–Trinajstić information content (AvgIpc) is 3.14. The van der Waals surface area contributed by atoms with Crippen molar-refractivity contribution in [2.75, 3.05) is 6.61 Å². The molecule has 0 aromatic carbocycles. The minimum absolute atomic E-state index is 0.225. The van der Waals surface area contributed by atoms with Crippen molar-refractivity contribution in [1.82, 2.24) is 0 Å². The molecule has 3 aliphatic rings. The summed E-state index contributed by atoms with van der Waals surface area (Å²) in [6.45, 7) is 0.801. The molecule has 1 amide bonds. The van der Waals surface area contributed by atoms with Crippen molar-refractivity contribution in [3.8, 4) is 0 Å². The molecule has 0 saturated carbocycles. The summed E-state index contributed by atoms with van der Waals surface area (Å²) < 4.78 is 21.8. The van der Waals surface area contributed by atoms with Gasteiger partial charge in [0.15, 0.2) is 18.2 Å². The van der Waals surface area contributed by atoms with Gasteiger partial charge in [-0.25, -0.2) is 0 Å². The van der Waals surface area contributed by atoms with E-state index in [2.05, 4.69) is 0 Å². The van der Waals surface area contributed by atoms with Crippen LogP contribution in [0, 0.1) is 0 Å². The van der Waals surface area contributed by atoms with Gasteiger partial charge in [-0.15, -0.1) is 0 Å². The maximum Gasteiger partial charge on any atom is 0.253 e. The summed E-state index contributed by atoms with van der Waals surface area (Å²) in [5.74, 6) is -0.972. The summed E-state index contributed by atoms with van der Waals surface area (Å²) in [6.07, 6.45) is -12.9. The van der Waals surface area contributed by atoms with E-state index in [9.17, 15) is 40.5 Å². The van der Waals surface area contributed by atoms with Crippen LogP contribution in [0.4, 0.5) is 0 Å². The van der Waals surface area contributed by atoms with Gasteiger partial charge in [-0.1, -0.05) is 6.08 Å². The highest BCUT2D eigenvalue weighted by Gasteiger charge is 2.51.